The SMILES string of the molecule is CC(C)CCCS(=O)(=O)CCCO. The summed E-state index contributed by atoms with van der Waals surface area (Å²) in [7, 11) is -2.90. The molecule has 0 rings (SSSR count). The second-order valence-corrected chi connectivity index (χ2v) is 6.07. The fraction of sp³-hybridized carbons (Fsp3) is 1.00. The zero-order valence-corrected chi connectivity index (χ0v) is 9.31. The minimum atomic E-state index is -2.90. The second-order valence-electron chi connectivity index (χ2n) is 3.77. The molecule has 0 spiro atoms. The van der Waals surface area contributed by atoms with Gasteiger partial charge in [0.15, 0.2) is 0 Å². The molecule has 0 unspecified atom stereocenters. The van der Waals surface area contributed by atoms with Gasteiger partial charge in [-0.1, -0.05) is 20.3 Å². The summed E-state index contributed by atoms with van der Waals surface area (Å²) >= 11 is 0. The summed E-state index contributed by atoms with van der Waals surface area (Å²) in [4.78, 5) is 0. The van der Waals surface area contributed by atoms with Crippen molar-refractivity contribution >= 4 is 9.84 Å². The van der Waals surface area contributed by atoms with Gasteiger partial charge in [-0.3, -0.25) is 0 Å². The van der Waals surface area contributed by atoms with Gasteiger partial charge in [-0.25, -0.2) is 8.42 Å². The van der Waals surface area contributed by atoms with Crippen molar-refractivity contribution in [2.24, 2.45) is 5.92 Å². The quantitative estimate of drug-likeness (QED) is 0.684. The molecule has 3 nitrogen and oxygen atoms in total. The Kier molecular flexibility index (Phi) is 6.33. The first-order valence-corrected chi connectivity index (χ1v) is 6.61. The summed E-state index contributed by atoms with van der Waals surface area (Å²) in [5.41, 5.74) is 0. The minimum absolute atomic E-state index is 0.0383. The lowest BCUT2D eigenvalue weighted by Crippen LogP contribution is -2.12. The number of hydrogen-bond acceptors (Lipinski definition) is 3. The van der Waals surface area contributed by atoms with E-state index in [1.165, 1.54) is 0 Å². The van der Waals surface area contributed by atoms with Crippen LogP contribution in [-0.2, 0) is 9.84 Å². The number of rotatable bonds is 7. The van der Waals surface area contributed by atoms with Gasteiger partial charge in [0.1, 0.15) is 9.84 Å². The second kappa shape index (κ2) is 6.38. The summed E-state index contributed by atoms with van der Waals surface area (Å²) in [6, 6.07) is 0. The summed E-state index contributed by atoms with van der Waals surface area (Å²) in [6.07, 6.45) is 2.06. The molecule has 0 fully saturated rings. The Morgan fingerprint density at radius 3 is 2.15 bits per heavy atom. The first kappa shape index (κ1) is 12.9. The van der Waals surface area contributed by atoms with Gasteiger partial charge in [-0.2, -0.15) is 0 Å². The van der Waals surface area contributed by atoms with Crippen LogP contribution >= 0.6 is 0 Å². The Morgan fingerprint density at radius 2 is 1.69 bits per heavy atom. The topological polar surface area (TPSA) is 54.4 Å². The monoisotopic (exact) mass is 208 g/mol. The molecule has 0 radical (unpaired) electrons. The number of sulfone groups is 1. The van der Waals surface area contributed by atoms with Crippen LogP contribution in [0.3, 0.4) is 0 Å². The van der Waals surface area contributed by atoms with E-state index in [1.807, 2.05) is 0 Å². The Balaban J connectivity index is 3.64. The van der Waals surface area contributed by atoms with Crippen LogP contribution in [0.4, 0.5) is 0 Å². The lowest BCUT2D eigenvalue weighted by Gasteiger charge is -2.05. The van der Waals surface area contributed by atoms with Crippen molar-refractivity contribution in [3.05, 3.63) is 0 Å². The highest BCUT2D eigenvalue weighted by molar-refractivity contribution is 7.91. The van der Waals surface area contributed by atoms with Crippen molar-refractivity contribution in [2.45, 2.75) is 33.1 Å². The fourth-order valence-corrected chi connectivity index (χ4v) is 2.48. The smallest absolute Gasteiger partial charge is 0.150 e. The average molecular weight is 208 g/mol. The highest BCUT2D eigenvalue weighted by Gasteiger charge is 2.09. The number of aliphatic hydroxyl groups is 1. The minimum Gasteiger partial charge on any atom is -0.396 e. The van der Waals surface area contributed by atoms with E-state index in [9.17, 15) is 8.42 Å². The van der Waals surface area contributed by atoms with Crippen LogP contribution in [0.1, 0.15) is 33.1 Å². The maximum absolute atomic E-state index is 11.3. The molecular weight excluding hydrogens is 188 g/mol. The third-order valence-corrected chi connectivity index (χ3v) is 3.67. The van der Waals surface area contributed by atoms with Gasteiger partial charge in [-0.15, -0.1) is 0 Å². The van der Waals surface area contributed by atoms with E-state index >= 15 is 0 Å². The van der Waals surface area contributed by atoms with Gasteiger partial charge >= 0.3 is 0 Å². The molecule has 0 amide bonds. The molecule has 13 heavy (non-hydrogen) atoms. The first-order valence-electron chi connectivity index (χ1n) is 4.79. The Labute approximate surface area is 81.1 Å². The largest absolute Gasteiger partial charge is 0.396 e. The predicted molar refractivity (Wildman–Crippen MR) is 54.4 cm³/mol. The Bertz CT molecular complexity index is 207. The van der Waals surface area contributed by atoms with Crippen molar-refractivity contribution in [2.75, 3.05) is 18.1 Å². The molecule has 80 valence electrons. The number of aliphatic hydroxyl groups excluding tert-OH is 1. The van der Waals surface area contributed by atoms with Gasteiger partial charge in [0, 0.05) is 6.61 Å². The molecule has 0 heterocycles. The van der Waals surface area contributed by atoms with E-state index < -0.39 is 9.84 Å². The third kappa shape index (κ3) is 8.25. The maximum Gasteiger partial charge on any atom is 0.150 e. The van der Waals surface area contributed by atoms with E-state index in [0.29, 0.717) is 12.3 Å². The van der Waals surface area contributed by atoms with E-state index in [1.54, 1.807) is 0 Å². The normalized spacial score (nSPS) is 12.3. The van der Waals surface area contributed by atoms with Crippen LogP contribution in [0.25, 0.3) is 0 Å². The van der Waals surface area contributed by atoms with Crippen LogP contribution in [0.15, 0.2) is 0 Å². The standard InChI is InChI=1S/C9H20O3S/c1-9(2)5-3-7-13(11,12)8-4-6-10/h9-10H,3-8H2,1-2H3. The molecule has 0 bridgehead atoms. The van der Waals surface area contributed by atoms with Crippen molar-refractivity contribution in [3.63, 3.8) is 0 Å². The molecule has 0 aliphatic rings. The lowest BCUT2D eigenvalue weighted by molar-refractivity contribution is 0.295. The van der Waals surface area contributed by atoms with Crippen molar-refractivity contribution < 1.29 is 13.5 Å². The molecule has 0 atom stereocenters. The van der Waals surface area contributed by atoms with Gasteiger partial charge in [0.25, 0.3) is 0 Å². The lowest BCUT2D eigenvalue weighted by atomic mass is 10.1. The Hall–Kier alpha value is -0.0900. The molecule has 0 aromatic rings. The summed E-state index contributed by atoms with van der Waals surface area (Å²) < 4.78 is 22.5. The summed E-state index contributed by atoms with van der Waals surface area (Å²) in [5, 5.41) is 8.48. The molecule has 0 aliphatic carbocycles. The highest BCUT2D eigenvalue weighted by atomic mass is 32.2. The van der Waals surface area contributed by atoms with Gasteiger partial charge in [0.05, 0.1) is 11.5 Å². The molecule has 0 aliphatic heterocycles. The van der Waals surface area contributed by atoms with Crippen LogP contribution in [0, 0.1) is 5.92 Å². The molecule has 0 saturated heterocycles. The Morgan fingerprint density at radius 1 is 1.15 bits per heavy atom. The van der Waals surface area contributed by atoms with Crippen LogP contribution in [-0.4, -0.2) is 31.6 Å². The third-order valence-electron chi connectivity index (χ3n) is 1.85. The van der Waals surface area contributed by atoms with E-state index in [2.05, 4.69) is 13.8 Å². The highest BCUT2D eigenvalue weighted by Crippen LogP contribution is 2.06. The molecule has 0 aromatic carbocycles. The van der Waals surface area contributed by atoms with Crippen LogP contribution in [0.2, 0.25) is 0 Å². The van der Waals surface area contributed by atoms with E-state index in [4.69, 9.17) is 5.11 Å². The summed E-state index contributed by atoms with van der Waals surface area (Å²) in [5.74, 6) is 0.959. The van der Waals surface area contributed by atoms with Crippen molar-refractivity contribution in [1.82, 2.24) is 0 Å². The number of hydrogen-bond donors (Lipinski definition) is 1. The molecule has 1 N–H and O–H groups in total. The van der Waals surface area contributed by atoms with Crippen molar-refractivity contribution in [3.8, 4) is 0 Å². The van der Waals surface area contributed by atoms with E-state index in [0.717, 1.165) is 12.8 Å². The molecule has 0 aromatic heterocycles. The maximum atomic E-state index is 11.3. The predicted octanol–water partition coefficient (Wildman–Crippen LogP) is 1.22. The molecule has 0 saturated carbocycles. The van der Waals surface area contributed by atoms with Gasteiger partial charge in [-0.05, 0) is 18.8 Å². The zero-order chi connectivity index (χ0) is 10.3. The summed E-state index contributed by atoms with van der Waals surface area (Å²) in [6.45, 7) is 4.13. The van der Waals surface area contributed by atoms with Crippen molar-refractivity contribution in [1.29, 1.82) is 0 Å². The molecular formula is C9H20O3S. The van der Waals surface area contributed by atoms with Crippen LogP contribution < -0.4 is 0 Å². The van der Waals surface area contributed by atoms with E-state index in [-0.39, 0.29) is 18.1 Å². The van der Waals surface area contributed by atoms with Crippen LogP contribution in [0.5, 0.6) is 0 Å². The fourth-order valence-electron chi connectivity index (χ4n) is 1.10. The average Bonchev–Trinajstić information content (AvgIpc) is 2.00. The molecule has 4 heteroatoms. The van der Waals surface area contributed by atoms with Gasteiger partial charge in [0.2, 0.25) is 0 Å². The first-order chi connectivity index (χ1) is 5.98. The van der Waals surface area contributed by atoms with Gasteiger partial charge < -0.3 is 5.11 Å². The zero-order valence-electron chi connectivity index (χ0n) is 8.49.